The Hall–Kier alpha value is -3.47. The molecule has 10 nitrogen and oxygen atoms in total. The summed E-state index contributed by atoms with van der Waals surface area (Å²) in [5.74, 6) is -1.85. The van der Waals surface area contributed by atoms with Crippen LogP contribution < -0.4 is 16.0 Å². The molecule has 6 atom stereocenters. The molecule has 0 bridgehead atoms. The predicted molar refractivity (Wildman–Crippen MR) is 165 cm³/mol. The van der Waals surface area contributed by atoms with Gasteiger partial charge in [0.15, 0.2) is 0 Å². The molecule has 0 aromatic heterocycles. The Morgan fingerprint density at radius 3 is 1.93 bits per heavy atom. The molecule has 0 saturated heterocycles. The van der Waals surface area contributed by atoms with Gasteiger partial charge in [0, 0.05) is 12.5 Å². The molecule has 0 fully saturated rings. The zero-order valence-electron chi connectivity index (χ0n) is 26.0. The zero-order valence-corrected chi connectivity index (χ0v) is 26.0. The van der Waals surface area contributed by atoms with E-state index in [0.717, 1.165) is 11.1 Å². The van der Waals surface area contributed by atoms with Crippen LogP contribution in [0.2, 0.25) is 0 Å². The van der Waals surface area contributed by atoms with Crippen molar-refractivity contribution >= 4 is 17.9 Å². The highest BCUT2D eigenvalue weighted by Gasteiger charge is 2.33. The Morgan fingerprint density at radius 1 is 0.860 bits per heavy atom. The molecule has 1 unspecified atom stereocenters. The van der Waals surface area contributed by atoms with E-state index in [2.05, 4.69) is 16.0 Å². The van der Waals surface area contributed by atoms with Crippen LogP contribution in [0.4, 0.5) is 4.79 Å². The lowest BCUT2D eigenvalue weighted by Crippen LogP contribution is -2.54. The van der Waals surface area contributed by atoms with Crippen molar-refractivity contribution in [1.82, 2.24) is 16.0 Å². The molecule has 2 aromatic carbocycles. The van der Waals surface area contributed by atoms with Gasteiger partial charge in [0.2, 0.25) is 11.8 Å². The third-order valence-corrected chi connectivity index (χ3v) is 7.20. The van der Waals surface area contributed by atoms with E-state index in [1.807, 2.05) is 74.5 Å². The van der Waals surface area contributed by atoms with Crippen LogP contribution in [-0.2, 0) is 27.2 Å². The minimum Gasteiger partial charge on any atom is -0.444 e. The first-order chi connectivity index (χ1) is 20.3. The Bertz CT molecular complexity index is 1120. The standard InChI is InChI=1S/C33H49N3O7/c1-6-22(2)29(31(41)34-20-26(38)21-37)36-30(40)25(17-23-13-9-7-10-14-23)19-28(39)27(18-24-15-11-8-12-16-24)35-32(42)43-33(3,4)5/h7-16,22,25-29,37-39H,6,17-21H2,1-5H3,(H,34,41)(H,35,42)(H,36,40)/t22-,25+,26?,27-,28-,29-/m0/s1. The SMILES string of the molecule is CC[C@H](C)[C@H](NC(=O)[C@H](Cc1ccccc1)C[C@H](O)[C@H](Cc1ccccc1)NC(=O)OC(C)(C)C)C(=O)NCC(O)CO. The molecule has 0 spiro atoms. The fourth-order valence-corrected chi connectivity index (χ4v) is 4.61. The second kappa shape index (κ2) is 17.6. The van der Waals surface area contributed by atoms with Gasteiger partial charge < -0.3 is 36.0 Å². The molecular formula is C33H49N3O7. The quantitative estimate of drug-likeness (QED) is 0.173. The van der Waals surface area contributed by atoms with Crippen molar-refractivity contribution in [3.05, 3.63) is 71.8 Å². The number of aliphatic hydroxyl groups is 3. The second-order valence-electron chi connectivity index (χ2n) is 12.1. The van der Waals surface area contributed by atoms with Crippen LogP contribution in [-0.4, -0.2) is 76.3 Å². The van der Waals surface area contributed by atoms with Gasteiger partial charge in [-0.15, -0.1) is 0 Å². The Balaban J connectivity index is 2.31. The van der Waals surface area contributed by atoms with Crippen LogP contribution in [0.15, 0.2) is 60.7 Å². The van der Waals surface area contributed by atoms with Gasteiger partial charge in [-0.2, -0.15) is 0 Å². The third-order valence-electron chi connectivity index (χ3n) is 7.20. The maximum atomic E-state index is 13.8. The smallest absolute Gasteiger partial charge is 0.407 e. The highest BCUT2D eigenvalue weighted by Crippen LogP contribution is 2.20. The Morgan fingerprint density at radius 2 is 1.42 bits per heavy atom. The number of hydrogen-bond acceptors (Lipinski definition) is 7. The van der Waals surface area contributed by atoms with Crippen LogP contribution in [0.5, 0.6) is 0 Å². The van der Waals surface area contributed by atoms with Crippen LogP contribution in [0, 0.1) is 11.8 Å². The predicted octanol–water partition coefficient (Wildman–Crippen LogP) is 2.73. The average molecular weight is 600 g/mol. The molecule has 6 N–H and O–H groups in total. The van der Waals surface area contributed by atoms with E-state index >= 15 is 0 Å². The molecule has 0 heterocycles. The van der Waals surface area contributed by atoms with E-state index in [1.165, 1.54) is 0 Å². The van der Waals surface area contributed by atoms with Crippen LogP contribution in [0.3, 0.4) is 0 Å². The van der Waals surface area contributed by atoms with Gasteiger partial charge in [-0.05, 0) is 57.1 Å². The Labute approximate surface area is 255 Å². The molecule has 2 rings (SSSR count). The number of amides is 3. The highest BCUT2D eigenvalue weighted by molar-refractivity contribution is 5.88. The fourth-order valence-electron chi connectivity index (χ4n) is 4.61. The number of benzene rings is 2. The number of carbonyl (C=O) groups is 3. The molecule has 3 amide bonds. The third kappa shape index (κ3) is 13.1. The van der Waals surface area contributed by atoms with Gasteiger partial charge >= 0.3 is 6.09 Å². The van der Waals surface area contributed by atoms with Crippen LogP contribution in [0.25, 0.3) is 0 Å². The largest absolute Gasteiger partial charge is 0.444 e. The fraction of sp³-hybridized carbons (Fsp3) is 0.545. The van der Waals surface area contributed by atoms with Gasteiger partial charge in [0.05, 0.1) is 24.9 Å². The second-order valence-corrected chi connectivity index (χ2v) is 12.1. The lowest BCUT2D eigenvalue weighted by Gasteiger charge is -2.30. The van der Waals surface area contributed by atoms with E-state index in [-0.39, 0.29) is 18.9 Å². The average Bonchev–Trinajstić information content (AvgIpc) is 2.97. The van der Waals surface area contributed by atoms with Crippen molar-refractivity contribution < 1.29 is 34.4 Å². The topological polar surface area (TPSA) is 157 Å². The molecule has 0 aliphatic carbocycles. The molecule has 0 aliphatic rings. The zero-order chi connectivity index (χ0) is 32.0. The highest BCUT2D eigenvalue weighted by atomic mass is 16.6. The molecule has 0 aliphatic heterocycles. The van der Waals surface area contributed by atoms with E-state index in [9.17, 15) is 24.6 Å². The summed E-state index contributed by atoms with van der Waals surface area (Å²) in [6.45, 7) is 8.36. The maximum absolute atomic E-state index is 13.8. The molecule has 10 heteroatoms. The summed E-state index contributed by atoms with van der Waals surface area (Å²) >= 11 is 0. The van der Waals surface area contributed by atoms with Gasteiger partial charge in [-0.1, -0.05) is 80.9 Å². The van der Waals surface area contributed by atoms with Crippen LogP contribution in [0.1, 0.15) is 58.6 Å². The van der Waals surface area contributed by atoms with Crippen molar-refractivity contribution in [2.24, 2.45) is 11.8 Å². The van der Waals surface area contributed by atoms with Gasteiger partial charge in [-0.3, -0.25) is 9.59 Å². The molecular weight excluding hydrogens is 550 g/mol. The minimum atomic E-state index is -1.12. The normalized spacial score (nSPS) is 15.7. The molecule has 0 saturated carbocycles. The maximum Gasteiger partial charge on any atom is 0.407 e. The lowest BCUT2D eigenvalue weighted by atomic mass is 9.88. The van der Waals surface area contributed by atoms with E-state index in [4.69, 9.17) is 9.84 Å². The molecule has 238 valence electrons. The monoisotopic (exact) mass is 599 g/mol. The summed E-state index contributed by atoms with van der Waals surface area (Å²) in [5, 5.41) is 38.6. The number of alkyl carbamates (subject to hydrolysis) is 1. The number of aliphatic hydroxyl groups excluding tert-OH is 3. The van der Waals surface area contributed by atoms with E-state index < -0.39 is 60.3 Å². The first-order valence-corrected chi connectivity index (χ1v) is 14.9. The number of nitrogens with one attached hydrogen (secondary N) is 3. The summed E-state index contributed by atoms with van der Waals surface area (Å²) in [4.78, 5) is 39.6. The van der Waals surface area contributed by atoms with Crippen molar-refractivity contribution in [3.8, 4) is 0 Å². The number of rotatable bonds is 16. The summed E-state index contributed by atoms with van der Waals surface area (Å²) in [7, 11) is 0. The molecule has 43 heavy (non-hydrogen) atoms. The number of hydrogen-bond donors (Lipinski definition) is 6. The van der Waals surface area contributed by atoms with E-state index in [0.29, 0.717) is 19.3 Å². The molecule has 0 radical (unpaired) electrons. The van der Waals surface area contributed by atoms with Crippen molar-refractivity contribution in [2.45, 2.75) is 90.2 Å². The lowest BCUT2D eigenvalue weighted by molar-refractivity contribution is -0.133. The first-order valence-electron chi connectivity index (χ1n) is 14.9. The molecule has 2 aromatic rings. The Kier molecular flexibility index (Phi) is 14.6. The van der Waals surface area contributed by atoms with E-state index in [1.54, 1.807) is 20.8 Å². The van der Waals surface area contributed by atoms with Gasteiger partial charge in [-0.25, -0.2) is 4.79 Å². The van der Waals surface area contributed by atoms with Crippen molar-refractivity contribution in [2.75, 3.05) is 13.2 Å². The number of ether oxygens (including phenoxy) is 1. The summed E-state index contributed by atoms with van der Waals surface area (Å²) in [5.41, 5.74) is 1.04. The summed E-state index contributed by atoms with van der Waals surface area (Å²) < 4.78 is 5.45. The van der Waals surface area contributed by atoms with Gasteiger partial charge in [0.25, 0.3) is 0 Å². The number of carbonyl (C=O) groups excluding carboxylic acids is 3. The van der Waals surface area contributed by atoms with Crippen LogP contribution >= 0.6 is 0 Å². The van der Waals surface area contributed by atoms with Crippen molar-refractivity contribution in [1.29, 1.82) is 0 Å². The van der Waals surface area contributed by atoms with Gasteiger partial charge in [0.1, 0.15) is 11.6 Å². The first kappa shape index (κ1) is 35.7. The minimum absolute atomic E-state index is 0.00605. The summed E-state index contributed by atoms with van der Waals surface area (Å²) in [6, 6.07) is 17.2. The van der Waals surface area contributed by atoms with Crippen molar-refractivity contribution in [3.63, 3.8) is 0 Å². The summed E-state index contributed by atoms with van der Waals surface area (Å²) in [6.07, 6.45) is -1.69.